The highest BCUT2D eigenvalue weighted by molar-refractivity contribution is 5.78. The number of carbonyl (C=O) groups is 1. The lowest BCUT2D eigenvalue weighted by Gasteiger charge is -2.34. The van der Waals surface area contributed by atoms with Crippen molar-refractivity contribution >= 4 is 5.91 Å². The maximum atomic E-state index is 12.8. The summed E-state index contributed by atoms with van der Waals surface area (Å²) in [7, 11) is 1.71. The van der Waals surface area contributed by atoms with E-state index in [1.54, 1.807) is 19.2 Å². The fourth-order valence-electron chi connectivity index (χ4n) is 2.54. The van der Waals surface area contributed by atoms with Gasteiger partial charge >= 0.3 is 0 Å². The third-order valence-corrected chi connectivity index (χ3v) is 3.95. The lowest BCUT2D eigenvalue weighted by molar-refractivity contribution is -0.122. The van der Waals surface area contributed by atoms with Crippen molar-refractivity contribution in [1.29, 1.82) is 0 Å². The number of piperazine rings is 1. The molecule has 6 nitrogen and oxygen atoms in total. The molecule has 0 bridgehead atoms. The molecule has 0 radical (unpaired) electrons. The summed E-state index contributed by atoms with van der Waals surface area (Å²) < 4.78 is 23.3. The number of hydrogen-bond donors (Lipinski definition) is 1. The summed E-state index contributed by atoms with van der Waals surface area (Å²) in [6.45, 7) is 6.60. The number of amides is 1. The highest BCUT2D eigenvalue weighted by Gasteiger charge is 2.18. The van der Waals surface area contributed by atoms with Crippen molar-refractivity contribution in [3.8, 4) is 5.75 Å². The van der Waals surface area contributed by atoms with E-state index in [-0.39, 0.29) is 11.7 Å². The number of methoxy groups -OCH3 is 1. The molecule has 1 aromatic rings. The van der Waals surface area contributed by atoms with E-state index in [2.05, 4.69) is 15.1 Å². The van der Waals surface area contributed by atoms with Crippen molar-refractivity contribution in [2.24, 2.45) is 0 Å². The molecule has 2 rings (SSSR count). The van der Waals surface area contributed by atoms with Gasteiger partial charge in [0.1, 0.15) is 18.2 Å². The molecule has 1 aromatic carbocycles. The zero-order chi connectivity index (χ0) is 17.2. The summed E-state index contributed by atoms with van der Waals surface area (Å²) in [5.41, 5.74) is 0. The molecule has 0 aromatic heterocycles. The highest BCUT2D eigenvalue weighted by Crippen LogP contribution is 2.10. The van der Waals surface area contributed by atoms with E-state index in [1.807, 2.05) is 0 Å². The molecule has 1 saturated heterocycles. The summed E-state index contributed by atoms with van der Waals surface area (Å²) in [6, 6.07) is 5.83. The number of ether oxygens (including phenoxy) is 2. The molecule has 0 atom stereocenters. The Morgan fingerprint density at radius 2 is 1.79 bits per heavy atom. The summed E-state index contributed by atoms with van der Waals surface area (Å²) in [5.74, 6) is 0.304. The summed E-state index contributed by atoms with van der Waals surface area (Å²) in [5, 5.41) is 2.84. The van der Waals surface area contributed by atoms with E-state index in [9.17, 15) is 9.18 Å². The van der Waals surface area contributed by atoms with Crippen LogP contribution in [-0.2, 0) is 9.53 Å². The first-order chi connectivity index (χ1) is 11.7. The minimum atomic E-state index is -0.294. The van der Waals surface area contributed by atoms with Crippen LogP contribution in [0.2, 0.25) is 0 Å². The largest absolute Gasteiger partial charge is 0.492 e. The van der Waals surface area contributed by atoms with Crippen LogP contribution in [0.5, 0.6) is 5.75 Å². The van der Waals surface area contributed by atoms with Crippen molar-refractivity contribution in [3.63, 3.8) is 0 Å². The Balaban J connectivity index is 1.54. The molecule has 134 valence electrons. The second kappa shape index (κ2) is 10.2. The Labute approximate surface area is 142 Å². The fourth-order valence-corrected chi connectivity index (χ4v) is 2.54. The van der Waals surface area contributed by atoms with E-state index in [0.29, 0.717) is 25.4 Å². The van der Waals surface area contributed by atoms with Crippen molar-refractivity contribution in [2.75, 3.05) is 66.1 Å². The average molecular weight is 339 g/mol. The maximum absolute atomic E-state index is 12.8. The van der Waals surface area contributed by atoms with Crippen LogP contribution in [0.1, 0.15) is 0 Å². The first-order valence-electron chi connectivity index (χ1n) is 8.26. The molecule has 24 heavy (non-hydrogen) atoms. The lowest BCUT2D eigenvalue weighted by Crippen LogP contribution is -2.50. The first kappa shape index (κ1) is 18.6. The van der Waals surface area contributed by atoms with Gasteiger partial charge < -0.3 is 14.8 Å². The second-order valence-corrected chi connectivity index (χ2v) is 5.76. The van der Waals surface area contributed by atoms with Gasteiger partial charge in [-0.25, -0.2) is 4.39 Å². The van der Waals surface area contributed by atoms with Crippen LogP contribution in [0, 0.1) is 5.82 Å². The molecular formula is C17H26FN3O3. The number of benzene rings is 1. The van der Waals surface area contributed by atoms with E-state index >= 15 is 0 Å². The van der Waals surface area contributed by atoms with Gasteiger partial charge in [0, 0.05) is 39.8 Å². The number of rotatable bonds is 9. The Kier molecular flexibility index (Phi) is 7.94. The third-order valence-electron chi connectivity index (χ3n) is 3.95. The number of halogens is 1. The van der Waals surface area contributed by atoms with Crippen molar-refractivity contribution < 1.29 is 18.7 Å². The quantitative estimate of drug-likeness (QED) is 0.667. The van der Waals surface area contributed by atoms with Crippen LogP contribution in [-0.4, -0.2) is 81.8 Å². The summed E-state index contributed by atoms with van der Waals surface area (Å²) >= 11 is 0. The molecule has 1 aliphatic heterocycles. The number of nitrogens with zero attached hydrogens (tertiary/aromatic N) is 2. The van der Waals surface area contributed by atoms with Crippen LogP contribution in [0.3, 0.4) is 0 Å². The van der Waals surface area contributed by atoms with Crippen LogP contribution in [0.25, 0.3) is 0 Å². The van der Waals surface area contributed by atoms with Gasteiger partial charge in [-0.15, -0.1) is 0 Å². The summed E-state index contributed by atoms with van der Waals surface area (Å²) in [4.78, 5) is 16.4. The number of hydrogen-bond acceptors (Lipinski definition) is 5. The number of nitrogens with one attached hydrogen (secondary N) is 1. The Hall–Kier alpha value is -1.70. The molecule has 7 heteroatoms. The second-order valence-electron chi connectivity index (χ2n) is 5.76. The first-order valence-corrected chi connectivity index (χ1v) is 8.26. The Bertz CT molecular complexity index is 490. The molecule has 0 spiro atoms. The van der Waals surface area contributed by atoms with Gasteiger partial charge in [0.05, 0.1) is 19.7 Å². The zero-order valence-electron chi connectivity index (χ0n) is 14.2. The van der Waals surface area contributed by atoms with Crippen LogP contribution in [0.15, 0.2) is 24.3 Å². The van der Waals surface area contributed by atoms with Crippen molar-refractivity contribution in [3.05, 3.63) is 30.1 Å². The smallest absolute Gasteiger partial charge is 0.234 e. The van der Waals surface area contributed by atoms with Crippen LogP contribution < -0.4 is 10.1 Å². The van der Waals surface area contributed by atoms with Gasteiger partial charge in [0.15, 0.2) is 0 Å². The van der Waals surface area contributed by atoms with Gasteiger partial charge in [0.2, 0.25) is 5.91 Å². The van der Waals surface area contributed by atoms with E-state index in [4.69, 9.17) is 9.47 Å². The summed E-state index contributed by atoms with van der Waals surface area (Å²) in [6.07, 6.45) is 0. The maximum Gasteiger partial charge on any atom is 0.234 e. The van der Waals surface area contributed by atoms with E-state index in [0.717, 1.165) is 39.3 Å². The average Bonchev–Trinajstić information content (AvgIpc) is 2.60. The van der Waals surface area contributed by atoms with Crippen molar-refractivity contribution in [2.45, 2.75) is 0 Å². The topological polar surface area (TPSA) is 54.0 Å². The van der Waals surface area contributed by atoms with Gasteiger partial charge in [-0.1, -0.05) is 0 Å². The molecule has 1 heterocycles. The van der Waals surface area contributed by atoms with Gasteiger partial charge in [0.25, 0.3) is 0 Å². The molecule has 0 unspecified atom stereocenters. The predicted octanol–water partition coefficient (Wildman–Crippen LogP) is 0.585. The van der Waals surface area contributed by atoms with Crippen LogP contribution in [0.4, 0.5) is 4.39 Å². The normalized spacial score (nSPS) is 16.1. The molecule has 1 amide bonds. The monoisotopic (exact) mass is 339 g/mol. The van der Waals surface area contributed by atoms with Gasteiger partial charge in [-0.3, -0.25) is 14.6 Å². The predicted molar refractivity (Wildman–Crippen MR) is 89.7 cm³/mol. The lowest BCUT2D eigenvalue weighted by atomic mass is 10.3. The standard InChI is InChI=1S/C17H26FN3O3/c1-23-13-11-20-7-9-21(10-8-20)14-17(22)19-6-12-24-16-4-2-15(18)3-5-16/h2-5H,6-14H2,1H3,(H,19,22). The molecule has 0 aliphatic carbocycles. The Morgan fingerprint density at radius 1 is 1.12 bits per heavy atom. The SMILES string of the molecule is COCCN1CCN(CC(=O)NCCOc2ccc(F)cc2)CC1. The molecule has 1 aliphatic rings. The molecule has 1 fully saturated rings. The fraction of sp³-hybridized carbons (Fsp3) is 0.588. The van der Waals surface area contributed by atoms with Gasteiger partial charge in [-0.05, 0) is 24.3 Å². The minimum absolute atomic E-state index is 0.00282. The van der Waals surface area contributed by atoms with E-state index in [1.165, 1.54) is 12.1 Å². The molecule has 0 saturated carbocycles. The van der Waals surface area contributed by atoms with Gasteiger partial charge in [-0.2, -0.15) is 0 Å². The molecule has 1 N–H and O–H groups in total. The number of carbonyl (C=O) groups excluding carboxylic acids is 1. The third kappa shape index (κ3) is 6.82. The van der Waals surface area contributed by atoms with Crippen molar-refractivity contribution in [1.82, 2.24) is 15.1 Å². The Morgan fingerprint density at radius 3 is 2.46 bits per heavy atom. The highest BCUT2D eigenvalue weighted by atomic mass is 19.1. The van der Waals surface area contributed by atoms with Crippen LogP contribution >= 0.6 is 0 Å². The minimum Gasteiger partial charge on any atom is -0.492 e. The zero-order valence-corrected chi connectivity index (χ0v) is 14.2. The van der Waals surface area contributed by atoms with E-state index < -0.39 is 0 Å². The molecular weight excluding hydrogens is 313 g/mol.